The van der Waals surface area contributed by atoms with Crippen LogP contribution < -0.4 is 5.73 Å². The summed E-state index contributed by atoms with van der Waals surface area (Å²) in [5.74, 6) is -0.483. The first-order valence-corrected chi connectivity index (χ1v) is 4.28. The molecule has 0 bridgehead atoms. The summed E-state index contributed by atoms with van der Waals surface area (Å²) in [5.41, 5.74) is 6.25. The minimum Gasteiger partial charge on any atom is -0.391 e. The molecule has 13 heavy (non-hydrogen) atoms. The Morgan fingerprint density at radius 1 is 1.54 bits per heavy atom. The molecule has 0 saturated carbocycles. The highest BCUT2D eigenvalue weighted by Gasteiger charge is 2.13. The molecule has 0 aliphatic rings. The molecule has 2 nitrogen and oxygen atoms in total. The van der Waals surface area contributed by atoms with Crippen molar-refractivity contribution >= 4 is 11.6 Å². The highest BCUT2D eigenvalue weighted by atomic mass is 35.5. The van der Waals surface area contributed by atoms with Crippen molar-refractivity contribution in [3.63, 3.8) is 0 Å². The van der Waals surface area contributed by atoms with Crippen LogP contribution in [0.5, 0.6) is 0 Å². The van der Waals surface area contributed by atoms with Gasteiger partial charge in [0.2, 0.25) is 0 Å². The van der Waals surface area contributed by atoms with Gasteiger partial charge in [-0.3, -0.25) is 0 Å². The second-order valence-corrected chi connectivity index (χ2v) is 3.35. The Labute approximate surface area is 81.1 Å². The molecule has 0 aliphatic carbocycles. The molecule has 0 amide bonds. The maximum absolute atomic E-state index is 12.7. The number of hydrogen-bond acceptors (Lipinski definition) is 2. The average Bonchev–Trinajstić information content (AvgIpc) is 2.08. The lowest BCUT2D eigenvalue weighted by molar-refractivity contribution is 0.164. The van der Waals surface area contributed by atoms with Crippen LogP contribution in [0.1, 0.15) is 18.5 Å². The average molecular weight is 204 g/mol. The van der Waals surface area contributed by atoms with Crippen molar-refractivity contribution in [3.05, 3.63) is 34.6 Å². The molecule has 0 heterocycles. The molecule has 0 radical (unpaired) electrons. The zero-order valence-electron chi connectivity index (χ0n) is 7.17. The molecular weight excluding hydrogens is 193 g/mol. The van der Waals surface area contributed by atoms with Crippen molar-refractivity contribution in [3.8, 4) is 0 Å². The van der Waals surface area contributed by atoms with Gasteiger partial charge in [-0.2, -0.15) is 0 Å². The number of hydrogen-bond donors (Lipinski definition) is 2. The van der Waals surface area contributed by atoms with Crippen LogP contribution in [0.2, 0.25) is 5.02 Å². The third-order valence-corrected chi connectivity index (χ3v) is 2.14. The van der Waals surface area contributed by atoms with Crippen LogP contribution in [0.4, 0.5) is 4.39 Å². The van der Waals surface area contributed by atoms with Gasteiger partial charge >= 0.3 is 0 Å². The van der Waals surface area contributed by atoms with E-state index in [9.17, 15) is 9.50 Å². The molecule has 2 atom stereocenters. The SMILES string of the molecule is C[C@H](O)[C@@H](N)c1ccc(F)c(Cl)c1. The van der Waals surface area contributed by atoms with Gasteiger partial charge in [-0.1, -0.05) is 17.7 Å². The normalized spacial score (nSPS) is 15.5. The number of rotatable bonds is 2. The highest BCUT2D eigenvalue weighted by molar-refractivity contribution is 6.30. The Bertz CT molecular complexity index is 304. The summed E-state index contributed by atoms with van der Waals surface area (Å²) in [6.07, 6.45) is -0.679. The third-order valence-electron chi connectivity index (χ3n) is 1.85. The van der Waals surface area contributed by atoms with Gasteiger partial charge in [0.25, 0.3) is 0 Å². The van der Waals surface area contributed by atoms with Crippen LogP contribution in [0.15, 0.2) is 18.2 Å². The van der Waals surface area contributed by atoms with E-state index in [2.05, 4.69) is 0 Å². The first-order valence-electron chi connectivity index (χ1n) is 3.91. The summed E-state index contributed by atoms with van der Waals surface area (Å²) in [4.78, 5) is 0. The third kappa shape index (κ3) is 2.40. The van der Waals surface area contributed by atoms with Gasteiger partial charge in [-0.25, -0.2) is 4.39 Å². The molecule has 1 aromatic rings. The Balaban J connectivity index is 2.97. The van der Waals surface area contributed by atoms with Crippen molar-refractivity contribution < 1.29 is 9.50 Å². The zero-order valence-corrected chi connectivity index (χ0v) is 7.92. The number of aliphatic hydroxyl groups excluding tert-OH is 1. The summed E-state index contributed by atoms with van der Waals surface area (Å²) in [6, 6.07) is 3.64. The van der Waals surface area contributed by atoms with Crippen LogP contribution in [0, 0.1) is 5.82 Å². The summed E-state index contributed by atoms with van der Waals surface area (Å²) in [7, 11) is 0. The monoisotopic (exact) mass is 203 g/mol. The first-order chi connectivity index (χ1) is 6.02. The van der Waals surface area contributed by atoms with E-state index in [0.29, 0.717) is 5.56 Å². The molecule has 72 valence electrons. The maximum atomic E-state index is 12.7. The van der Waals surface area contributed by atoms with E-state index in [1.807, 2.05) is 0 Å². The Morgan fingerprint density at radius 3 is 2.62 bits per heavy atom. The van der Waals surface area contributed by atoms with Crippen molar-refractivity contribution in [1.82, 2.24) is 0 Å². The predicted octanol–water partition coefficient (Wildman–Crippen LogP) is 1.86. The molecule has 4 heteroatoms. The summed E-state index contributed by atoms with van der Waals surface area (Å²) in [5, 5.41) is 9.19. The Hall–Kier alpha value is -0.640. The fourth-order valence-corrected chi connectivity index (χ4v) is 1.19. The molecule has 3 N–H and O–H groups in total. The smallest absolute Gasteiger partial charge is 0.141 e. The topological polar surface area (TPSA) is 46.2 Å². The Morgan fingerprint density at radius 2 is 2.15 bits per heavy atom. The van der Waals surface area contributed by atoms with Gasteiger partial charge in [0.1, 0.15) is 5.82 Å². The second-order valence-electron chi connectivity index (χ2n) is 2.94. The van der Waals surface area contributed by atoms with E-state index in [1.54, 1.807) is 6.92 Å². The van der Waals surface area contributed by atoms with E-state index >= 15 is 0 Å². The highest BCUT2D eigenvalue weighted by Crippen LogP contribution is 2.21. The minimum atomic E-state index is -0.679. The van der Waals surface area contributed by atoms with Crippen LogP contribution in [-0.2, 0) is 0 Å². The largest absolute Gasteiger partial charge is 0.391 e. The van der Waals surface area contributed by atoms with Gasteiger partial charge in [-0.15, -0.1) is 0 Å². The first kappa shape index (κ1) is 10.4. The van der Waals surface area contributed by atoms with Crippen LogP contribution in [-0.4, -0.2) is 11.2 Å². The van der Waals surface area contributed by atoms with Gasteiger partial charge in [0.15, 0.2) is 0 Å². The number of nitrogens with two attached hydrogens (primary N) is 1. The Kier molecular flexibility index (Phi) is 3.25. The zero-order chi connectivity index (χ0) is 10.0. The molecule has 0 aliphatic heterocycles. The fraction of sp³-hybridized carbons (Fsp3) is 0.333. The lowest BCUT2D eigenvalue weighted by Crippen LogP contribution is -2.23. The van der Waals surface area contributed by atoms with E-state index in [1.165, 1.54) is 18.2 Å². The molecule has 1 aromatic carbocycles. The molecule has 0 aromatic heterocycles. The fourth-order valence-electron chi connectivity index (χ4n) is 0.998. The van der Waals surface area contributed by atoms with E-state index in [0.717, 1.165) is 0 Å². The van der Waals surface area contributed by atoms with Crippen LogP contribution >= 0.6 is 11.6 Å². The molecule has 0 unspecified atom stereocenters. The number of aliphatic hydroxyl groups is 1. The minimum absolute atomic E-state index is 0.0219. The molecule has 0 fully saturated rings. The van der Waals surface area contributed by atoms with E-state index < -0.39 is 18.0 Å². The predicted molar refractivity (Wildman–Crippen MR) is 50.0 cm³/mol. The molecule has 0 saturated heterocycles. The summed E-state index contributed by atoms with van der Waals surface area (Å²) in [6.45, 7) is 1.57. The van der Waals surface area contributed by atoms with Crippen molar-refractivity contribution in [2.75, 3.05) is 0 Å². The van der Waals surface area contributed by atoms with Crippen molar-refractivity contribution in [1.29, 1.82) is 0 Å². The molecular formula is C9H11ClFNO. The van der Waals surface area contributed by atoms with E-state index in [4.69, 9.17) is 17.3 Å². The van der Waals surface area contributed by atoms with Crippen molar-refractivity contribution in [2.45, 2.75) is 19.1 Å². The van der Waals surface area contributed by atoms with Crippen molar-refractivity contribution in [2.24, 2.45) is 5.73 Å². The van der Waals surface area contributed by atoms with Crippen LogP contribution in [0.25, 0.3) is 0 Å². The summed E-state index contributed by atoms with van der Waals surface area (Å²) < 4.78 is 12.7. The molecule has 0 spiro atoms. The maximum Gasteiger partial charge on any atom is 0.141 e. The second kappa shape index (κ2) is 4.05. The van der Waals surface area contributed by atoms with Crippen LogP contribution in [0.3, 0.4) is 0 Å². The van der Waals surface area contributed by atoms with Gasteiger partial charge < -0.3 is 10.8 Å². The van der Waals surface area contributed by atoms with Gasteiger partial charge in [0, 0.05) is 0 Å². The van der Waals surface area contributed by atoms with Gasteiger partial charge in [-0.05, 0) is 24.6 Å². The van der Waals surface area contributed by atoms with Gasteiger partial charge in [0.05, 0.1) is 17.2 Å². The summed E-state index contributed by atoms with van der Waals surface area (Å²) >= 11 is 5.55. The number of halogens is 2. The quantitative estimate of drug-likeness (QED) is 0.771. The molecule has 1 rings (SSSR count). The standard InChI is InChI=1S/C9H11ClFNO/c1-5(13)9(12)6-2-3-8(11)7(10)4-6/h2-5,9,13H,12H2,1H3/t5-,9+/m0/s1. The number of benzene rings is 1. The lowest BCUT2D eigenvalue weighted by atomic mass is 10.0. The lowest BCUT2D eigenvalue weighted by Gasteiger charge is -2.15. The van der Waals surface area contributed by atoms with E-state index in [-0.39, 0.29) is 5.02 Å².